The molecule has 0 radical (unpaired) electrons. The minimum absolute atomic E-state index is 0.0240. The van der Waals surface area contributed by atoms with E-state index in [9.17, 15) is 9.59 Å². The molecule has 2 aromatic carbocycles. The Morgan fingerprint density at radius 1 is 1.03 bits per heavy atom. The van der Waals surface area contributed by atoms with Gasteiger partial charge in [-0.05, 0) is 12.0 Å². The number of carbonyl (C=O) groups is 2. The predicted octanol–water partition coefficient (Wildman–Crippen LogP) is 3.90. The van der Waals surface area contributed by atoms with Gasteiger partial charge in [-0.15, -0.1) is 0 Å². The van der Waals surface area contributed by atoms with Crippen LogP contribution in [0.15, 0.2) is 71.3 Å². The number of nitrogens with one attached hydrogen (secondary N) is 2. The standard InChI is InChI=1S/C25H23N5O3S/c31-23(26-12-11-17-7-3-1-4-8-17)14-30-24(19-15-34-16-21(19)28-30)27-25(32)20-13-22(33-29-20)18-9-5-2-6-10-18/h1-10,13H,11-12,14-16H2,(H,26,31)(H,27,32). The Kier molecular flexibility index (Phi) is 6.44. The third-order valence-electron chi connectivity index (χ3n) is 5.52. The zero-order valence-corrected chi connectivity index (χ0v) is 19.2. The minimum Gasteiger partial charge on any atom is -0.355 e. The zero-order valence-electron chi connectivity index (χ0n) is 18.4. The van der Waals surface area contributed by atoms with Crippen LogP contribution in [0.4, 0.5) is 5.82 Å². The highest BCUT2D eigenvalue weighted by atomic mass is 32.2. The van der Waals surface area contributed by atoms with E-state index in [1.807, 2.05) is 60.7 Å². The summed E-state index contributed by atoms with van der Waals surface area (Å²) in [6, 6.07) is 21.1. The first-order valence-electron chi connectivity index (χ1n) is 11.0. The van der Waals surface area contributed by atoms with Crippen molar-refractivity contribution < 1.29 is 14.1 Å². The summed E-state index contributed by atoms with van der Waals surface area (Å²) in [5, 5.41) is 14.3. The molecule has 2 aromatic heterocycles. The first-order chi connectivity index (χ1) is 16.7. The van der Waals surface area contributed by atoms with Crippen molar-refractivity contribution >= 4 is 29.4 Å². The third-order valence-corrected chi connectivity index (χ3v) is 6.49. The zero-order chi connectivity index (χ0) is 23.3. The second kappa shape index (κ2) is 9.96. The highest BCUT2D eigenvalue weighted by molar-refractivity contribution is 7.98. The number of nitrogens with zero attached hydrogens (tertiary/aromatic N) is 3. The van der Waals surface area contributed by atoms with Gasteiger partial charge in [0.1, 0.15) is 12.4 Å². The molecule has 4 aromatic rings. The molecule has 34 heavy (non-hydrogen) atoms. The van der Waals surface area contributed by atoms with Gasteiger partial charge in [-0.25, -0.2) is 4.68 Å². The first-order valence-corrected chi connectivity index (χ1v) is 12.1. The van der Waals surface area contributed by atoms with E-state index in [4.69, 9.17) is 4.52 Å². The van der Waals surface area contributed by atoms with E-state index in [2.05, 4.69) is 20.9 Å². The van der Waals surface area contributed by atoms with Crippen molar-refractivity contribution in [2.75, 3.05) is 11.9 Å². The van der Waals surface area contributed by atoms with Crippen molar-refractivity contribution in [3.05, 3.63) is 89.2 Å². The number of hydrogen-bond donors (Lipinski definition) is 2. The molecule has 9 heteroatoms. The van der Waals surface area contributed by atoms with Gasteiger partial charge in [-0.3, -0.25) is 9.59 Å². The van der Waals surface area contributed by atoms with E-state index in [-0.39, 0.29) is 18.1 Å². The van der Waals surface area contributed by atoms with Gasteiger partial charge in [0, 0.05) is 35.2 Å². The van der Waals surface area contributed by atoms with Crippen LogP contribution < -0.4 is 10.6 Å². The molecule has 0 saturated heterocycles. The van der Waals surface area contributed by atoms with Crippen LogP contribution in [-0.2, 0) is 29.3 Å². The van der Waals surface area contributed by atoms with Crippen LogP contribution in [0.25, 0.3) is 11.3 Å². The summed E-state index contributed by atoms with van der Waals surface area (Å²) in [7, 11) is 0. The molecule has 2 N–H and O–H groups in total. The van der Waals surface area contributed by atoms with E-state index in [1.165, 1.54) is 0 Å². The summed E-state index contributed by atoms with van der Waals surface area (Å²) in [4.78, 5) is 25.5. The van der Waals surface area contributed by atoms with E-state index in [0.717, 1.165) is 40.3 Å². The number of fused-ring (bicyclic) bond motifs is 1. The van der Waals surface area contributed by atoms with Gasteiger partial charge in [0.15, 0.2) is 11.5 Å². The van der Waals surface area contributed by atoms with Crippen LogP contribution in [0.2, 0.25) is 0 Å². The number of rotatable bonds is 8. The number of anilines is 1. The smallest absolute Gasteiger partial charge is 0.279 e. The topological polar surface area (TPSA) is 102 Å². The van der Waals surface area contributed by atoms with Gasteiger partial charge in [-0.1, -0.05) is 65.8 Å². The lowest BCUT2D eigenvalue weighted by atomic mass is 10.1. The SMILES string of the molecule is O=C(Cn1nc2c(c1NC(=O)c1cc(-c3ccccc3)on1)CSC2)NCCc1ccccc1. The van der Waals surface area contributed by atoms with Gasteiger partial charge in [0.05, 0.1) is 5.69 Å². The number of hydrogen-bond acceptors (Lipinski definition) is 6. The average Bonchev–Trinajstić information content (AvgIpc) is 3.59. The van der Waals surface area contributed by atoms with Crippen LogP contribution in [0.1, 0.15) is 27.3 Å². The van der Waals surface area contributed by atoms with E-state index in [1.54, 1.807) is 22.5 Å². The Hall–Kier alpha value is -3.85. The molecule has 0 aliphatic carbocycles. The maximum absolute atomic E-state index is 12.9. The lowest BCUT2D eigenvalue weighted by Crippen LogP contribution is -2.30. The van der Waals surface area contributed by atoms with Crippen LogP contribution >= 0.6 is 11.8 Å². The van der Waals surface area contributed by atoms with Crippen LogP contribution in [-0.4, -0.2) is 33.3 Å². The van der Waals surface area contributed by atoms with Crippen LogP contribution in [0.5, 0.6) is 0 Å². The molecule has 5 rings (SSSR count). The number of thioether (sulfide) groups is 1. The summed E-state index contributed by atoms with van der Waals surface area (Å²) in [6.45, 7) is 0.554. The molecule has 1 aliphatic heterocycles. The molecule has 0 unspecified atom stereocenters. The summed E-state index contributed by atoms with van der Waals surface area (Å²) >= 11 is 1.73. The maximum Gasteiger partial charge on any atom is 0.279 e. The Bertz CT molecular complexity index is 1300. The van der Waals surface area contributed by atoms with Crippen molar-refractivity contribution in [1.82, 2.24) is 20.3 Å². The van der Waals surface area contributed by atoms with Crippen molar-refractivity contribution in [3.8, 4) is 11.3 Å². The molecule has 0 bridgehead atoms. The minimum atomic E-state index is -0.406. The Balaban J connectivity index is 1.26. The molecule has 0 spiro atoms. The molecule has 0 atom stereocenters. The van der Waals surface area contributed by atoms with Gasteiger partial charge in [-0.2, -0.15) is 16.9 Å². The molecule has 1 aliphatic rings. The summed E-state index contributed by atoms with van der Waals surface area (Å²) in [5.41, 5.74) is 4.00. The van der Waals surface area contributed by atoms with Gasteiger partial charge in [0.2, 0.25) is 5.91 Å². The number of benzene rings is 2. The largest absolute Gasteiger partial charge is 0.355 e. The average molecular weight is 474 g/mol. The molecule has 0 fully saturated rings. The second-order valence-electron chi connectivity index (χ2n) is 7.91. The normalized spacial score (nSPS) is 12.4. The number of aromatic nitrogens is 3. The highest BCUT2D eigenvalue weighted by Crippen LogP contribution is 2.35. The molecular weight excluding hydrogens is 450 g/mol. The van der Waals surface area contributed by atoms with E-state index >= 15 is 0 Å². The van der Waals surface area contributed by atoms with Gasteiger partial charge in [0.25, 0.3) is 5.91 Å². The molecule has 2 amide bonds. The summed E-state index contributed by atoms with van der Waals surface area (Å²) in [6.07, 6.45) is 0.748. The monoisotopic (exact) mass is 473 g/mol. The van der Waals surface area contributed by atoms with Gasteiger partial charge >= 0.3 is 0 Å². The third kappa shape index (κ3) is 4.89. The Morgan fingerprint density at radius 2 is 1.79 bits per heavy atom. The van der Waals surface area contributed by atoms with Crippen molar-refractivity contribution in [1.29, 1.82) is 0 Å². The van der Waals surface area contributed by atoms with E-state index < -0.39 is 5.91 Å². The number of amides is 2. The van der Waals surface area contributed by atoms with Crippen molar-refractivity contribution in [2.45, 2.75) is 24.5 Å². The predicted molar refractivity (Wildman–Crippen MR) is 130 cm³/mol. The van der Waals surface area contributed by atoms with E-state index in [0.29, 0.717) is 18.1 Å². The Morgan fingerprint density at radius 3 is 2.59 bits per heavy atom. The first kappa shape index (κ1) is 22.0. The lowest BCUT2D eigenvalue weighted by Gasteiger charge is -2.10. The second-order valence-corrected chi connectivity index (χ2v) is 8.89. The quantitative estimate of drug-likeness (QED) is 0.403. The van der Waals surface area contributed by atoms with Gasteiger partial charge < -0.3 is 15.2 Å². The Labute approximate surface area is 200 Å². The van der Waals surface area contributed by atoms with Crippen LogP contribution in [0.3, 0.4) is 0 Å². The number of carbonyl (C=O) groups excluding carboxylic acids is 2. The summed E-state index contributed by atoms with van der Waals surface area (Å²) < 4.78 is 6.93. The molecule has 3 heterocycles. The fourth-order valence-electron chi connectivity index (χ4n) is 3.80. The molecule has 172 valence electrons. The fraction of sp³-hybridized carbons (Fsp3) is 0.200. The molecule has 0 saturated carbocycles. The fourth-order valence-corrected chi connectivity index (χ4v) is 4.83. The lowest BCUT2D eigenvalue weighted by molar-refractivity contribution is -0.121. The van der Waals surface area contributed by atoms with Crippen LogP contribution in [0, 0.1) is 0 Å². The van der Waals surface area contributed by atoms with Crippen molar-refractivity contribution in [2.24, 2.45) is 0 Å². The molecular formula is C25H23N5O3S. The molecule has 8 nitrogen and oxygen atoms in total. The maximum atomic E-state index is 12.9. The highest BCUT2D eigenvalue weighted by Gasteiger charge is 2.26. The summed E-state index contributed by atoms with van der Waals surface area (Å²) in [5.74, 6) is 1.96. The van der Waals surface area contributed by atoms with Crippen molar-refractivity contribution in [3.63, 3.8) is 0 Å².